The Morgan fingerprint density at radius 2 is 2.04 bits per heavy atom. The van der Waals surface area contributed by atoms with Gasteiger partial charge in [-0.05, 0) is 48.7 Å². The maximum Gasteiger partial charge on any atom is 0.282 e. The lowest BCUT2D eigenvalue weighted by atomic mass is 10.1. The smallest absolute Gasteiger partial charge is 0.282 e. The molecular formula is C20H19N5O2. The second kappa shape index (κ2) is 7.41. The Bertz CT molecular complexity index is 1000. The number of amides is 1. The van der Waals surface area contributed by atoms with Crippen molar-refractivity contribution in [1.29, 1.82) is 0 Å². The quantitative estimate of drug-likeness (QED) is 0.727. The predicted molar refractivity (Wildman–Crippen MR) is 104 cm³/mol. The molecule has 1 aliphatic heterocycles. The van der Waals surface area contributed by atoms with Crippen molar-refractivity contribution >= 4 is 28.5 Å². The number of ether oxygens (including phenoxy) is 1. The lowest BCUT2D eigenvalue weighted by Gasteiger charge is -2.08. The molecule has 1 aromatic carbocycles. The third kappa shape index (κ3) is 4.03. The number of fused-ring (bicyclic) bond motifs is 1. The first kappa shape index (κ1) is 17.0. The molecule has 27 heavy (non-hydrogen) atoms. The van der Waals surface area contributed by atoms with Crippen LogP contribution in [-0.4, -0.2) is 34.5 Å². The summed E-state index contributed by atoms with van der Waals surface area (Å²) in [6.45, 7) is 0.550. The Hall–Kier alpha value is -3.48. The maximum absolute atomic E-state index is 12.4. The summed E-state index contributed by atoms with van der Waals surface area (Å²) < 4.78 is 5.16. The van der Waals surface area contributed by atoms with Gasteiger partial charge >= 0.3 is 0 Å². The summed E-state index contributed by atoms with van der Waals surface area (Å²) in [4.78, 5) is 25.1. The molecule has 0 aliphatic carbocycles. The molecule has 3 heterocycles. The van der Waals surface area contributed by atoms with E-state index in [0.29, 0.717) is 12.3 Å². The molecule has 2 aromatic heterocycles. The minimum atomic E-state index is -0.241. The minimum absolute atomic E-state index is 0.124. The lowest BCUT2D eigenvalue weighted by Crippen LogP contribution is -2.13. The number of pyridine rings is 2. The highest BCUT2D eigenvalue weighted by Gasteiger charge is 2.16. The van der Waals surface area contributed by atoms with Gasteiger partial charge in [0.25, 0.3) is 11.9 Å². The number of aliphatic imine (C=N–C) groups is 1. The number of anilines is 1. The number of aromatic nitrogens is 2. The van der Waals surface area contributed by atoms with Crippen LogP contribution in [0.15, 0.2) is 59.9 Å². The van der Waals surface area contributed by atoms with Crippen LogP contribution >= 0.6 is 0 Å². The molecule has 0 unspecified atom stereocenters. The molecular weight excluding hydrogens is 342 g/mol. The van der Waals surface area contributed by atoms with Gasteiger partial charge in [0.15, 0.2) is 0 Å². The monoisotopic (exact) mass is 361 g/mol. The molecule has 1 amide bonds. The van der Waals surface area contributed by atoms with Crippen molar-refractivity contribution in [3.8, 4) is 0 Å². The Labute approximate surface area is 156 Å². The number of benzene rings is 1. The average molecular weight is 361 g/mol. The van der Waals surface area contributed by atoms with Gasteiger partial charge in [-0.15, -0.1) is 0 Å². The second-order valence-corrected chi connectivity index (χ2v) is 6.39. The highest BCUT2D eigenvalue weighted by atomic mass is 16.5. The second-order valence-electron chi connectivity index (χ2n) is 6.39. The van der Waals surface area contributed by atoms with Gasteiger partial charge in [-0.3, -0.25) is 9.78 Å². The molecule has 7 nitrogen and oxygen atoms in total. The van der Waals surface area contributed by atoms with Crippen molar-refractivity contribution in [3.05, 3.63) is 66.1 Å². The van der Waals surface area contributed by atoms with Gasteiger partial charge in [0.05, 0.1) is 11.6 Å². The molecule has 1 atom stereocenters. The molecule has 0 saturated carbocycles. The van der Waals surface area contributed by atoms with Crippen LogP contribution in [0, 0.1) is 0 Å². The molecule has 3 aromatic rings. The highest BCUT2D eigenvalue weighted by molar-refractivity contribution is 6.04. The molecule has 1 aliphatic rings. The molecule has 0 fully saturated rings. The van der Waals surface area contributed by atoms with E-state index in [1.165, 1.54) is 5.56 Å². The van der Waals surface area contributed by atoms with E-state index >= 15 is 0 Å². The van der Waals surface area contributed by atoms with E-state index in [9.17, 15) is 4.79 Å². The van der Waals surface area contributed by atoms with E-state index in [1.54, 1.807) is 24.5 Å². The number of carbonyl (C=O) groups is 1. The fourth-order valence-electron chi connectivity index (χ4n) is 2.96. The normalized spacial score (nSPS) is 16.0. The number of rotatable bonds is 5. The van der Waals surface area contributed by atoms with Crippen LogP contribution in [0.4, 0.5) is 5.69 Å². The first-order chi connectivity index (χ1) is 13.2. The van der Waals surface area contributed by atoms with Gasteiger partial charge in [0.1, 0.15) is 12.3 Å². The van der Waals surface area contributed by atoms with Crippen LogP contribution in [0.5, 0.6) is 0 Å². The van der Waals surface area contributed by atoms with Gasteiger partial charge < -0.3 is 15.8 Å². The SMILES string of the molecule is NC1=N[C@@H](CCc2ccc(NC(=O)c3ccc4cnccc4n3)cc2)CO1. The van der Waals surface area contributed by atoms with Gasteiger partial charge in [-0.2, -0.15) is 0 Å². The summed E-state index contributed by atoms with van der Waals surface area (Å²) >= 11 is 0. The minimum Gasteiger partial charge on any atom is -0.463 e. The van der Waals surface area contributed by atoms with Crippen LogP contribution in [0.1, 0.15) is 22.5 Å². The third-order valence-electron chi connectivity index (χ3n) is 4.43. The Balaban J connectivity index is 1.37. The maximum atomic E-state index is 12.4. The fourth-order valence-corrected chi connectivity index (χ4v) is 2.96. The molecule has 4 rings (SSSR count). The number of amidine groups is 1. The largest absolute Gasteiger partial charge is 0.463 e. The lowest BCUT2D eigenvalue weighted by molar-refractivity contribution is 0.102. The standard InChI is InChI=1S/C20H19N5O2/c21-20-24-16(12-27-20)7-3-13-1-5-15(6-2-13)23-19(26)18-8-4-14-11-22-10-9-17(14)25-18/h1-2,4-6,8-11,16H,3,7,12H2,(H2,21,24)(H,23,26)/t16-/m0/s1. The number of carbonyl (C=O) groups excluding carboxylic acids is 1. The van der Waals surface area contributed by atoms with Crippen molar-refractivity contribution in [1.82, 2.24) is 9.97 Å². The van der Waals surface area contributed by atoms with E-state index in [2.05, 4.69) is 20.3 Å². The number of nitrogens with one attached hydrogen (secondary N) is 1. The average Bonchev–Trinajstić information content (AvgIpc) is 3.12. The number of aryl methyl sites for hydroxylation is 1. The predicted octanol–water partition coefficient (Wildman–Crippen LogP) is 2.53. The van der Waals surface area contributed by atoms with Gasteiger partial charge in [-0.25, -0.2) is 9.98 Å². The number of nitrogens with two attached hydrogens (primary N) is 1. The zero-order valence-electron chi connectivity index (χ0n) is 14.6. The van der Waals surface area contributed by atoms with Crippen molar-refractivity contribution in [2.75, 3.05) is 11.9 Å². The summed E-state index contributed by atoms with van der Waals surface area (Å²) in [7, 11) is 0. The molecule has 0 bridgehead atoms. The summed E-state index contributed by atoms with van der Waals surface area (Å²) in [5, 5.41) is 3.78. The molecule has 7 heteroatoms. The van der Waals surface area contributed by atoms with Crippen LogP contribution in [0.3, 0.4) is 0 Å². The van der Waals surface area contributed by atoms with Crippen molar-refractivity contribution in [3.63, 3.8) is 0 Å². The van der Waals surface area contributed by atoms with Crippen LogP contribution in [-0.2, 0) is 11.2 Å². The topological polar surface area (TPSA) is 102 Å². The van der Waals surface area contributed by atoms with E-state index in [1.807, 2.05) is 30.3 Å². The van der Waals surface area contributed by atoms with Crippen molar-refractivity contribution in [2.24, 2.45) is 10.7 Å². The molecule has 3 N–H and O–H groups in total. The number of hydrogen-bond acceptors (Lipinski definition) is 6. The van der Waals surface area contributed by atoms with E-state index in [-0.39, 0.29) is 18.0 Å². The van der Waals surface area contributed by atoms with E-state index in [4.69, 9.17) is 10.5 Å². The zero-order chi connectivity index (χ0) is 18.6. The van der Waals surface area contributed by atoms with Crippen LogP contribution in [0.2, 0.25) is 0 Å². The number of hydrogen-bond donors (Lipinski definition) is 2. The van der Waals surface area contributed by atoms with Crippen LogP contribution < -0.4 is 11.1 Å². The molecule has 136 valence electrons. The van der Waals surface area contributed by atoms with E-state index < -0.39 is 0 Å². The van der Waals surface area contributed by atoms with E-state index in [0.717, 1.165) is 29.4 Å². The Morgan fingerprint density at radius 1 is 1.19 bits per heavy atom. The summed E-state index contributed by atoms with van der Waals surface area (Å²) in [5.74, 6) is -0.241. The summed E-state index contributed by atoms with van der Waals surface area (Å²) in [6.07, 6.45) is 5.13. The first-order valence-corrected chi connectivity index (χ1v) is 8.74. The summed E-state index contributed by atoms with van der Waals surface area (Å²) in [5.41, 5.74) is 8.53. The van der Waals surface area contributed by atoms with Crippen molar-refractivity contribution < 1.29 is 9.53 Å². The Kier molecular flexibility index (Phi) is 4.65. The number of nitrogens with zero attached hydrogens (tertiary/aromatic N) is 3. The molecule has 0 saturated heterocycles. The summed E-state index contributed by atoms with van der Waals surface area (Å²) in [6, 6.07) is 13.5. The van der Waals surface area contributed by atoms with Crippen LogP contribution in [0.25, 0.3) is 10.9 Å². The Morgan fingerprint density at radius 3 is 2.81 bits per heavy atom. The van der Waals surface area contributed by atoms with Gasteiger partial charge in [0, 0.05) is 23.5 Å². The fraction of sp³-hybridized carbons (Fsp3) is 0.200. The first-order valence-electron chi connectivity index (χ1n) is 8.74. The third-order valence-corrected chi connectivity index (χ3v) is 4.43. The van der Waals surface area contributed by atoms with Gasteiger partial charge in [0.2, 0.25) is 0 Å². The highest BCUT2D eigenvalue weighted by Crippen LogP contribution is 2.16. The van der Waals surface area contributed by atoms with Gasteiger partial charge in [-0.1, -0.05) is 12.1 Å². The zero-order valence-corrected chi connectivity index (χ0v) is 14.6. The molecule has 0 radical (unpaired) electrons. The molecule has 0 spiro atoms. The van der Waals surface area contributed by atoms with Crippen molar-refractivity contribution in [2.45, 2.75) is 18.9 Å².